The van der Waals surface area contributed by atoms with Crippen molar-refractivity contribution in [1.82, 2.24) is 4.90 Å². The molecule has 30 heavy (non-hydrogen) atoms. The van der Waals surface area contributed by atoms with E-state index >= 15 is 0 Å². The van der Waals surface area contributed by atoms with Gasteiger partial charge in [-0.05, 0) is 24.1 Å². The molecular formula is C23H21Cl2NO4. The van der Waals surface area contributed by atoms with Crippen LogP contribution in [-0.4, -0.2) is 31.1 Å². The highest BCUT2D eigenvalue weighted by atomic mass is 35.5. The highest BCUT2D eigenvalue weighted by Crippen LogP contribution is 2.43. The lowest BCUT2D eigenvalue weighted by Crippen LogP contribution is -2.30. The average molecular weight is 446 g/mol. The van der Waals surface area contributed by atoms with Gasteiger partial charge in [0.25, 0.3) is 0 Å². The van der Waals surface area contributed by atoms with E-state index in [0.29, 0.717) is 10.6 Å². The Morgan fingerprint density at radius 2 is 1.47 bits per heavy atom. The van der Waals surface area contributed by atoms with Crippen LogP contribution >= 0.6 is 23.2 Å². The fraction of sp³-hybridized carbons (Fsp3) is 0.217. The van der Waals surface area contributed by atoms with Crippen LogP contribution in [0.25, 0.3) is 0 Å². The zero-order valence-corrected chi connectivity index (χ0v) is 18.3. The molecule has 3 rings (SSSR count). The molecule has 156 valence electrons. The van der Waals surface area contributed by atoms with E-state index in [4.69, 9.17) is 32.7 Å². The maximum absolute atomic E-state index is 12.7. The number of benzene rings is 2. The highest BCUT2D eigenvalue weighted by Gasteiger charge is 2.37. The van der Waals surface area contributed by atoms with Crippen LogP contribution in [0.15, 0.2) is 72.1 Å². The van der Waals surface area contributed by atoms with Crippen LogP contribution in [0, 0.1) is 0 Å². The number of carbonyl (C=O) groups excluding carboxylic acids is 2. The molecule has 2 aromatic rings. The van der Waals surface area contributed by atoms with E-state index in [0.717, 1.165) is 5.56 Å². The van der Waals surface area contributed by atoms with Gasteiger partial charge in [0, 0.05) is 12.4 Å². The molecule has 1 atom stereocenters. The molecule has 0 unspecified atom stereocenters. The molecule has 0 amide bonds. The Morgan fingerprint density at radius 1 is 0.900 bits per heavy atom. The fourth-order valence-electron chi connectivity index (χ4n) is 3.46. The second kappa shape index (κ2) is 9.37. The van der Waals surface area contributed by atoms with E-state index in [1.807, 2.05) is 37.3 Å². The normalized spacial score (nSPS) is 15.2. The molecule has 0 saturated heterocycles. The predicted molar refractivity (Wildman–Crippen MR) is 116 cm³/mol. The molecule has 1 aliphatic rings. The number of nitrogens with zero attached hydrogens (tertiary/aromatic N) is 1. The van der Waals surface area contributed by atoms with Gasteiger partial charge < -0.3 is 14.4 Å². The number of ether oxygens (including phenoxy) is 2. The van der Waals surface area contributed by atoms with Crippen LogP contribution in [0.2, 0.25) is 10.0 Å². The van der Waals surface area contributed by atoms with E-state index in [1.54, 1.807) is 35.5 Å². The second-order valence-electron chi connectivity index (χ2n) is 6.76. The van der Waals surface area contributed by atoms with Gasteiger partial charge in [-0.15, -0.1) is 0 Å². The molecule has 0 radical (unpaired) electrons. The number of hydrogen-bond donors (Lipinski definition) is 0. The van der Waals surface area contributed by atoms with Gasteiger partial charge >= 0.3 is 11.9 Å². The summed E-state index contributed by atoms with van der Waals surface area (Å²) in [5, 5.41) is 0.584. The van der Waals surface area contributed by atoms with Crippen molar-refractivity contribution < 1.29 is 19.1 Å². The molecule has 0 spiro atoms. The SMILES string of the molecule is COC(=O)C1=CN([C@H](C)c2ccccc2)C=C(C(=O)OC)C1c1cccc(Cl)c1Cl. The number of esters is 2. The third kappa shape index (κ3) is 4.23. The zero-order valence-electron chi connectivity index (χ0n) is 16.8. The number of methoxy groups -OCH3 is 2. The van der Waals surface area contributed by atoms with Crippen LogP contribution in [0.5, 0.6) is 0 Å². The lowest BCUT2D eigenvalue weighted by molar-refractivity contribution is -0.137. The summed E-state index contributed by atoms with van der Waals surface area (Å²) in [6.07, 6.45) is 3.36. The van der Waals surface area contributed by atoms with E-state index in [2.05, 4.69) is 0 Å². The molecule has 5 nitrogen and oxygen atoms in total. The Labute approximate surface area is 185 Å². The smallest absolute Gasteiger partial charge is 0.336 e. The minimum Gasteiger partial charge on any atom is -0.466 e. The van der Waals surface area contributed by atoms with Gasteiger partial charge in [0.2, 0.25) is 0 Å². The predicted octanol–water partition coefficient (Wildman–Crippen LogP) is 5.27. The summed E-state index contributed by atoms with van der Waals surface area (Å²) in [7, 11) is 2.59. The Morgan fingerprint density at radius 3 is 2.00 bits per heavy atom. The van der Waals surface area contributed by atoms with Crippen molar-refractivity contribution in [1.29, 1.82) is 0 Å². The van der Waals surface area contributed by atoms with Crippen LogP contribution in [-0.2, 0) is 19.1 Å². The topological polar surface area (TPSA) is 55.8 Å². The largest absolute Gasteiger partial charge is 0.466 e. The number of rotatable bonds is 5. The van der Waals surface area contributed by atoms with E-state index in [9.17, 15) is 9.59 Å². The summed E-state index contributed by atoms with van der Waals surface area (Å²) < 4.78 is 10.0. The molecule has 0 N–H and O–H groups in total. The summed E-state index contributed by atoms with van der Waals surface area (Å²) in [5.74, 6) is -1.93. The van der Waals surface area contributed by atoms with Crippen molar-refractivity contribution in [3.63, 3.8) is 0 Å². The minimum atomic E-state index is -0.782. The summed E-state index contributed by atoms with van der Waals surface area (Å²) in [5.41, 5.74) is 2.04. The fourth-order valence-corrected chi connectivity index (χ4v) is 3.87. The summed E-state index contributed by atoms with van der Waals surface area (Å²) >= 11 is 12.6. The van der Waals surface area contributed by atoms with Crippen molar-refractivity contribution in [2.24, 2.45) is 0 Å². The van der Waals surface area contributed by atoms with Crippen molar-refractivity contribution in [2.75, 3.05) is 14.2 Å². The lowest BCUT2D eigenvalue weighted by atomic mass is 9.83. The zero-order chi connectivity index (χ0) is 21.8. The maximum atomic E-state index is 12.7. The first-order valence-corrected chi connectivity index (χ1v) is 10.0. The molecule has 0 aromatic heterocycles. The molecular weight excluding hydrogens is 425 g/mol. The van der Waals surface area contributed by atoms with Crippen LogP contribution in [0.3, 0.4) is 0 Å². The van der Waals surface area contributed by atoms with Crippen LogP contribution in [0.1, 0.15) is 30.0 Å². The molecule has 0 fully saturated rings. The van der Waals surface area contributed by atoms with E-state index < -0.39 is 17.9 Å². The number of halogens is 2. The first-order chi connectivity index (χ1) is 14.4. The van der Waals surface area contributed by atoms with Crippen molar-refractivity contribution in [3.8, 4) is 0 Å². The van der Waals surface area contributed by atoms with Gasteiger partial charge in [0.05, 0.1) is 47.4 Å². The molecule has 0 bridgehead atoms. The summed E-state index contributed by atoms with van der Waals surface area (Å²) in [4.78, 5) is 27.3. The molecule has 1 aliphatic heterocycles. The van der Waals surface area contributed by atoms with Crippen molar-refractivity contribution >= 4 is 35.1 Å². The lowest BCUT2D eigenvalue weighted by Gasteiger charge is -2.34. The quantitative estimate of drug-likeness (QED) is 0.586. The van der Waals surface area contributed by atoms with E-state index in [1.165, 1.54) is 14.2 Å². The summed E-state index contributed by atoms with van der Waals surface area (Å²) in [6.45, 7) is 1.97. The standard InChI is InChI=1S/C23H21Cl2NO4/c1-14(15-8-5-4-6-9-15)26-12-17(22(27)29-2)20(18(13-26)23(28)30-3)16-10-7-11-19(24)21(16)25/h4-14,20H,1-3H3/t14-/m1/s1. The van der Waals surface area contributed by atoms with Gasteiger partial charge in [-0.25, -0.2) is 9.59 Å². The van der Waals surface area contributed by atoms with Gasteiger partial charge in [0.15, 0.2) is 0 Å². The molecule has 0 saturated carbocycles. The average Bonchev–Trinajstić information content (AvgIpc) is 2.79. The van der Waals surface area contributed by atoms with Crippen LogP contribution < -0.4 is 0 Å². The molecule has 1 heterocycles. The van der Waals surface area contributed by atoms with E-state index in [-0.39, 0.29) is 22.2 Å². The Bertz CT molecular complexity index is 983. The van der Waals surface area contributed by atoms with Crippen LogP contribution in [0.4, 0.5) is 0 Å². The van der Waals surface area contributed by atoms with Crippen molar-refractivity contribution in [2.45, 2.75) is 18.9 Å². The first-order valence-electron chi connectivity index (χ1n) is 9.25. The Balaban J connectivity index is 2.18. The first kappa shape index (κ1) is 21.9. The Hall–Kier alpha value is -2.76. The highest BCUT2D eigenvalue weighted by molar-refractivity contribution is 6.42. The Kier molecular flexibility index (Phi) is 6.85. The number of carbonyl (C=O) groups is 2. The van der Waals surface area contributed by atoms with Gasteiger partial charge in [-0.1, -0.05) is 65.7 Å². The summed E-state index contributed by atoms with van der Waals surface area (Å²) in [6, 6.07) is 14.7. The number of hydrogen-bond acceptors (Lipinski definition) is 5. The third-order valence-electron chi connectivity index (χ3n) is 5.06. The minimum absolute atomic E-state index is 0.152. The third-order valence-corrected chi connectivity index (χ3v) is 5.90. The van der Waals surface area contributed by atoms with Gasteiger partial charge in [0.1, 0.15) is 0 Å². The maximum Gasteiger partial charge on any atom is 0.336 e. The molecule has 0 aliphatic carbocycles. The van der Waals surface area contributed by atoms with Gasteiger partial charge in [-0.2, -0.15) is 0 Å². The molecule has 2 aromatic carbocycles. The second-order valence-corrected chi connectivity index (χ2v) is 7.55. The van der Waals surface area contributed by atoms with Gasteiger partial charge in [-0.3, -0.25) is 0 Å². The van der Waals surface area contributed by atoms with Crippen molar-refractivity contribution in [3.05, 3.63) is 93.2 Å². The molecule has 7 heteroatoms. The monoisotopic (exact) mass is 445 g/mol.